The average molecular weight is 998 g/mol. The molecule has 0 radical (unpaired) electrons. The molecule has 0 bridgehead atoms. The van der Waals surface area contributed by atoms with Crippen molar-refractivity contribution in [2.75, 3.05) is 4.90 Å². The molecule has 12 aromatic rings. The van der Waals surface area contributed by atoms with Crippen molar-refractivity contribution in [3.63, 3.8) is 0 Å². The maximum absolute atomic E-state index is 2.55. The number of thiophene rings is 1. The van der Waals surface area contributed by atoms with Gasteiger partial charge in [-0.1, -0.05) is 224 Å². The zero-order valence-electron chi connectivity index (χ0n) is 42.5. The summed E-state index contributed by atoms with van der Waals surface area (Å²) in [5.41, 5.74) is 30.8. The van der Waals surface area contributed by atoms with E-state index in [1.54, 1.807) is 0 Å². The highest BCUT2D eigenvalue weighted by atomic mass is 32.1. The number of rotatable bonds is 7. The fourth-order valence-corrected chi connectivity index (χ4v) is 15.6. The third-order valence-corrected chi connectivity index (χ3v) is 18.6. The van der Waals surface area contributed by atoms with Gasteiger partial charge >= 0.3 is 0 Å². The van der Waals surface area contributed by atoms with E-state index in [9.17, 15) is 0 Å². The minimum absolute atomic E-state index is 0.437. The van der Waals surface area contributed by atoms with E-state index in [-0.39, 0.29) is 0 Å². The largest absolute Gasteiger partial charge is 0.310 e. The quantitative estimate of drug-likeness (QED) is 0.154. The molecule has 1 unspecified atom stereocenters. The molecule has 4 aliphatic carbocycles. The van der Waals surface area contributed by atoms with E-state index in [4.69, 9.17) is 0 Å². The molecular weight excluding hydrogens is 947 g/mol. The minimum Gasteiger partial charge on any atom is -0.310 e. The zero-order valence-corrected chi connectivity index (χ0v) is 43.3. The normalized spacial score (nSPS) is 14.6. The number of benzene rings is 11. The van der Waals surface area contributed by atoms with Crippen molar-refractivity contribution < 1.29 is 0 Å². The van der Waals surface area contributed by atoms with Gasteiger partial charge in [0, 0.05) is 37.8 Å². The van der Waals surface area contributed by atoms with Crippen LogP contribution in [-0.4, -0.2) is 0 Å². The molecule has 0 saturated heterocycles. The van der Waals surface area contributed by atoms with Crippen molar-refractivity contribution in [1.29, 1.82) is 0 Å². The molecule has 77 heavy (non-hydrogen) atoms. The van der Waals surface area contributed by atoms with Gasteiger partial charge in [-0.05, 0) is 168 Å². The van der Waals surface area contributed by atoms with Crippen LogP contribution in [0.2, 0.25) is 0 Å². The standard InChI is InChI=1S/C75H51NS/c1-4-19-48(20-5-1)49-37-41-56(42-38-49)76(68-34-18-33-67-72(68)61-29-14-17-32-66(61)75(67)64-30-15-12-27-59(64)60-28-13-16-31-65(60)75)57-43-39-50(40-44-57)55-45-62-58-26-11-10-21-51(58)35-36-54-47-69-73(63(46-55)70(54)62)71(52-22-6-2-7-23-52)74(77-69)53-24-8-3-9-25-53/h1-34,37-46,54H,35-36,47H2. The van der Waals surface area contributed by atoms with Gasteiger partial charge < -0.3 is 4.90 Å². The molecule has 0 saturated carbocycles. The summed E-state index contributed by atoms with van der Waals surface area (Å²) in [4.78, 5) is 5.37. The van der Waals surface area contributed by atoms with Gasteiger partial charge in [-0.2, -0.15) is 0 Å². The van der Waals surface area contributed by atoms with E-state index < -0.39 is 5.41 Å². The molecule has 1 spiro atoms. The topological polar surface area (TPSA) is 3.24 Å². The van der Waals surface area contributed by atoms with Gasteiger partial charge in [-0.3, -0.25) is 0 Å². The van der Waals surface area contributed by atoms with Gasteiger partial charge in [0.25, 0.3) is 0 Å². The number of nitrogens with zero attached hydrogens (tertiary/aromatic N) is 1. The monoisotopic (exact) mass is 997 g/mol. The average Bonchev–Trinajstić information content (AvgIpc) is 4.20. The summed E-state index contributed by atoms with van der Waals surface area (Å²) >= 11 is 2.01. The second-order valence-corrected chi connectivity index (χ2v) is 22.4. The number of hydrogen-bond acceptors (Lipinski definition) is 2. The molecule has 0 fully saturated rings. The first-order chi connectivity index (χ1) is 38.2. The van der Waals surface area contributed by atoms with Crippen LogP contribution < -0.4 is 4.90 Å². The molecule has 1 atom stereocenters. The first-order valence-electron chi connectivity index (χ1n) is 27.2. The van der Waals surface area contributed by atoms with Crippen LogP contribution in [0.4, 0.5) is 17.1 Å². The number of fused-ring (bicyclic) bond motifs is 14. The number of hydrogen-bond donors (Lipinski definition) is 0. The summed E-state index contributed by atoms with van der Waals surface area (Å²) in [5.74, 6) is 0.437. The van der Waals surface area contributed by atoms with E-state index in [0.717, 1.165) is 30.6 Å². The maximum Gasteiger partial charge on any atom is 0.0726 e. The lowest BCUT2D eigenvalue weighted by Gasteiger charge is -2.32. The molecule has 1 nitrogen and oxygen atoms in total. The lowest BCUT2D eigenvalue weighted by Crippen LogP contribution is -2.26. The summed E-state index contributed by atoms with van der Waals surface area (Å²) < 4.78 is 0. The van der Waals surface area contributed by atoms with E-state index in [1.807, 2.05) is 11.3 Å². The third kappa shape index (κ3) is 6.65. The fraction of sp³-hybridized carbons (Fsp3) is 0.0667. The summed E-state index contributed by atoms with van der Waals surface area (Å²) in [6.07, 6.45) is 3.27. The number of aryl methyl sites for hydroxylation is 1. The Balaban J connectivity index is 0.897. The minimum atomic E-state index is -0.449. The Labute approximate surface area is 454 Å². The smallest absolute Gasteiger partial charge is 0.0726 e. The van der Waals surface area contributed by atoms with Crippen LogP contribution in [0.5, 0.6) is 0 Å². The van der Waals surface area contributed by atoms with Crippen LogP contribution in [0.1, 0.15) is 50.6 Å². The van der Waals surface area contributed by atoms with Gasteiger partial charge in [0.2, 0.25) is 0 Å². The van der Waals surface area contributed by atoms with Crippen LogP contribution in [-0.2, 0) is 18.3 Å². The van der Waals surface area contributed by atoms with Crippen molar-refractivity contribution in [3.8, 4) is 88.3 Å². The lowest BCUT2D eigenvalue weighted by molar-refractivity contribution is 0.629. The number of anilines is 3. The first-order valence-corrected chi connectivity index (χ1v) is 28.0. The molecule has 1 aromatic heterocycles. The second kappa shape index (κ2) is 17.5. The molecule has 0 aliphatic heterocycles. The van der Waals surface area contributed by atoms with Crippen LogP contribution in [0, 0.1) is 0 Å². The van der Waals surface area contributed by atoms with Crippen molar-refractivity contribution in [3.05, 3.63) is 305 Å². The highest BCUT2D eigenvalue weighted by Gasteiger charge is 2.52. The fourth-order valence-electron chi connectivity index (χ4n) is 14.1. The molecule has 16 rings (SSSR count). The lowest BCUT2D eigenvalue weighted by atomic mass is 9.70. The molecule has 4 aliphatic rings. The Hall–Kier alpha value is -9.08. The van der Waals surface area contributed by atoms with Crippen molar-refractivity contribution in [1.82, 2.24) is 0 Å². The van der Waals surface area contributed by atoms with E-state index in [1.165, 1.54) is 132 Å². The van der Waals surface area contributed by atoms with Gasteiger partial charge in [-0.25, -0.2) is 0 Å². The van der Waals surface area contributed by atoms with E-state index in [2.05, 4.69) is 272 Å². The van der Waals surface area contributed by atoms with Crippen LogP contribution >= 0.6 is 11.3 Å². The van der Waals surface area contributed by atoms with Crippen molar-refractivity contribution >= 4 is 28.4 Å². The summed E-state index contributed by atoms with van der Waals surface area (Å²) in [7, 11) is 0. The molecular formula is C75H51NS. The Bertz CT molecular complexity index is 4240. The Morgan fingerprint density at radius 3 is 1.49 bits per heavy atom. The first kappa shape index (κ1) is 44.2. The Morgan fingerprint density at radius 2 is 0.844 bits per heavy atom. The predicted octanol–water partition coefficient (Wildman–Crippen LogP) is 20.1. The summed E-state index contributed by atoms with van der Waals surface area (Å²) in [6.45, 7) is 0. The van der Waals surface area contributed by atoms with E-state index in [0.29, 0.717) is 5.92 Å². The maximum atomic E-state index is 2.55. The van der Waals surface area contributed by atoms with Gasteiger partial charge in [0.15, 0.2) is 0 Å². The molecule has 1 heterocycles. The summed E-state index contributed by atoms with van der Waals surface area (Å²) in [5, 5.41) is 0. The Kier molecular flexibility index (Phi) is 10.1. The zero-order chi connectivity index (χ0) is 50.6. The Morgan fingerprint density at radius 1 is 0.351 bits per heavy atom. The van der Waals surface area contributed by atoms with Gasteiger partial charge in [-0.15, -0.1) is 11.3 Å². The SMILES string of the molecule is c1ccc(-c2ccc(N(c3ccc(-c4cc5c6c(c4)-c4c(sc(-c7ccccc7)c4-c4ccccc4)CC6CCc4ccccc4-5)cc3)c3cccc4c3-c3ccccc3C43c4ccccc4-c4ccccc43)cc2)cc1. The molecule has 0 N–H and O–H groups in total. The molecule has 2 heteroatoms. The van der Waals surface area contributed by atoms with Crippen LogP contribution in [0.15, 0.2) is 267 Å². The summed E-state index contributed by atoms with van der Waals surface area (Å²) in [6, 6.07) is 100. The van der Waals surface area contributed by atoms with E-state index >= 15 is 0 Å². The molecule has 0 amide bonds. The third-order valence-electron chi connectivity index (χ3n) is 17.4. The second-order valence-electron chi connectivity index (χ2n) is 21.3. The predicted molar refractivity (Wildman–Crippen MR) is 323 cm³/mol. The van der Waals surface area contributed by atoms with Crippen LogP contribution in [0.25, 0.3) is 88.3 Å². The van der Waals surface area contributed by atoms with Crippen LogP contribution in [0.3, 0.4) is 0 Å². The van der Waals surface area contributed by atoms with Gasteiger partial charge in [0.1, 0.15) is 0 Å². The van der Waals surface area contributed by atoms with Gasteiger partial charge in [0.05, 0.1) is 11.1 Å². The highest BCUT2D eigenvalue weighted by molar-refractivity contribution is 7.16. The van der Waals surface area contributed by atoms with Crippen molar-refractivity contribution in [2.45, 2.75) is 30.6 Å². The molecule has 11 aromatic carbocycles. The molecule has 362 valence electrons. The van der Waals surface area contributed by atoms with Crippen molar-refractivity contribution in [2.24, 2.45) is 0 Å². The highest BCUT2D eigenvalue weighted by Crippen LogP contribution is 2.65.